The summed E-state index contributed by atoms with van der Waals surface area (Å²) in [4.78, 5) is 13.3. The first-order valence-corrected chi connectivity index (χ1v) is 10.8. The van der Waals surface area contributed by atoms with Gasteiger partial charge in [0, 0.05) is 13.3 Å². The lowest BCUT2D eigenvalue weighted by atomic mass is 10.1. The highest BCUT2D eigenvalue weighted by atomic mass is 19.1. The SMILES string of the molecule is COCc1nn2c(nnc3c(=O)n(Cc4ccc(OC)c(OC)c4)ccc32)c1-c1ccc(F)cc1. The molecule has 0 spiro atoms. The Bertz CT molecular complexity index is 1590. The van der Waals surface area contributed by atoms with Crippen LogP contribution in [0.3, 0.4) is 0 Å². The zero-order valence-corrected chi connectivity index (χ0v) is 19.4. The molecule has 0 saturated heterocycles. The van der Waals surface area contributed by atoms with E-state index in [4.69, 9.17) is 14.2 Å². The molecule has 0 radical (unpaired) electrons. The molecule has 9 nitrogen and oxygen atoms in total. The monoisotopic (exact) mass is 475 g/mol. The molecule has 0 amide bonds. The second-order valence-corrected chi connectivity index (χ2v) is 7.87. The van der Waals surface area contributed by atoms with Crippen LogP contribution in [0.1, 0.15) is 11.3 Å². The van der Waals surface area contributed by atoms with Crippen molar-refractivity contribution in [3.8, 4) is 22.6 Å². The smallest absolute Gasteiger partial charge is 0.280 e. The number of ether oxygens (including phenoxy) is 3. The van der Waals surface area contributed by atoms with Crippen LogP contribution < -0.4 is 15.0 Å². The average molecular weight is 475 g/mol. The third kappa shape index (κ3) is 3.97. The Morgan fingerprint density at radius 2 is 1.71 bits per heavy atom. The third-order valence-electron chi connectivity index (χ3n) is 5.74. The third-order valence-corrected chi connectivity index (χ3v) is 5.74. The molecule has 0 aliphatic rings. The van der Waals surface area contributed by atoms with E-state index < -0.39 is 0 Å². The van der Waals surface area contributed by atoms with Crippen molar-refractivity contribution < 1.29 is 18.6 Å². The molecule has 10 heteroatoms. The van der Waals surface area contributed by atoms with Crippen molar-refractivity contribution in [1.82, 2.24) is 24.4 Å². The summed E-state index contributed by atoms with van der Waals surface area (Å²) < 4.78 is 32.6. The Hall–Kier alpha value is -4.31. The van der Waals surface area contributed by atoms with E-state index in [9.17, 15) is 9.18 Å². The highest BCUT2D eigenvalue weighted by Gasteiger charge is 2.20. The maximum Gasteiger partial charge on any atom is 0.280 e. The lowest BCUT2D eigenvalue weighted by Gasteiger charge is -2.11. The lowest BCUT2D eigenvalue weighted by molar-refractivity contribution is 0.181. The predicted molar refractivity (Wildman–Crippen MR) is 127 cm³/mol. The molecular weight excluding hydrogens is 453 g/mol. The molecule has 2 aromatic carbocycles. The molecular formula is C25H22FN5O4. The molecule has 0 aliphatic heterocycles. The van der Waals surface area contributed by atoms with Gasteiger partial charge in [-0.25, -0.2) is 8.91 Å². The van der Waals surface area contributed by atoms with Gasteiger partial charge < -0.3 is 18.8 Å². The summed E-state index contributed by atoms with van der Waals surface area (Å²) in [5.41, 5.74) is 3.70. The molecule has 0 saturated carbocycles. The number of halogens is 1. The molecule has 35 heavy (non-hydrogen) atoms. The topological polar surface area (TPSA) is 92.8 Å². The van der Waals surface area contributed by atoms with Gasteiger partial charge in [0.25, 0.3) is 5.56 Å². The van der Waals surface area contributed by atoms with Crippen LogP contribution in [0.2, 0.25) is 0 Å². The van der Waals surface area contributed by atoms with E-state index >= 15 is 0 Å². The second-order valence-electron chi connectivity index (χ2n) is 7.87. The minimum absolute atomic E-state index is 0.178. The fourth-order valence-corrected chi connectivity index (χ4v) is 4.08. The van der Waals surface area contributed by atoms with Crippen LogP contribution in [-0.2, 0) is 17.9 Å². The summed E-state index contributed by atoms with van der Waals surface area (Å²) in [6, 6.07) is 13.3. The quantitative estimate of drug-likeness (QED) is 0.356. The van der Waals surface area contributed by atoms with Crippen LogP contribution in [0, 0.1) is 5.82 Å². The number of nitrogens with zero attached hydrogens (tertiary/aromatic N) is 5. The number of rotatable bonds is 7. The van der Waals surface area contributed by atoms with Gasteiger partial charge in [0.1, 0.15) is 11.3 Å². The fraction of sp³-hybridized carbons (Fsp3) is 0.200. The molecule has 0 atom stereocenters. The van der Waals surface area contributed by atoms with Gasteiger partial charge in [0.15, 0.2) is 22.7 Å². The van der Waals surface area contributed by atoms with E-state index in [2.05, 4.69) is 15.3 Å². The molecule has 0 unspecified atom stereocenters. The number of hydrogen-bond donors (Lipinski definition) is 0. The highest BCUT2D eigenvalue weighted by molar-refractivity contribution is 5.84. The van der Waals surface area contributed by atoms with Crippen LogP contribution in [0.15, 0.2) is 59.5 Å². The Morgan fingerprint density at radius 1 is 0.943 bits per heavy atom. The molecule has 0 N–H and O–H groups in total. The van der Waals surface area contributed by atoms with Gasteiger partial charge in [-0.3, -0.25) is 4.79 Å². The Balaban J connectivity index is 1.62. The number of benzene rings is 2. The first-order valence-electron chi connectivity index (χ1n) is 10.8. The summed E-state index contributed by atoms with van der Waals surface area (Å²) in [6.45, 7) is 0.525. The van der Waals surface area contributed by atoms with Crippen molar-refractivity contribution in [2.24, 2.45) is 0 Å². The molecule has 3 aromatic heterocycles. The van der Waals surface area contributed by atoms with Crippen molar-refractivity contribution in [1.29, 1.82) is 0 Å². The van der Waals surface area contributed by atoms with E-state index in [0.717, 1.165) is 11.1 Å². The second kappa shape index (κ2) is 9.15. The molecule has 0 aliphatic carbocycles. The van der Waals surface area contributed by atoms with Gasteiger partial charge in [-0.2, -0.15) is 5.10 Å². The number of aromatic nitrogens is 5. The first-order chi connectivity index (χ1) is 17.0. The normalized spacial score (nSPS) is 11.3. The Kier molecular flexibility index (Phi) is 5.87. The molecule has 178 valence electrons. The van der Waals surface area contributed by atoms with Crippen LogP contribution in [0.5, 0.6) is 11.5 Å². The molecule has 5 rings (SSSR count). The van der Waals surface area contributed by atoms with Crippen LogP contribution in [-0.4, -0.2) is 45.7 Å². The maximum atomic E-state index is 13.5. The van der Waals surface area contributed by atoms with Crippen LogP contribution >= 0.6 is 0 Å². The lowest BCUT2D eigenvalue weighted by Crippen LogP contribution is -2.22. The number of methoxy groups -OCH3 is 3. The standard InChI is InChI=1S/C25H22FN5O4/c1-33-14-18-22(16-5-7-17(26)8-6-16)24-28-27-23-19(31(24)29-18)10-11-30(25(23)32)13-15-4-9-20(34-2)21(12-15)35-3/h4-12H,13-14H2,1-3H3. The van der Waals surface area contributed by atoms with E-state index in [1.54, 1.807) is 60.9 Å². The van der Waals surface area contributed by atoms with Gasteiger partial charge in [0.2, 0.25) is 0 Å². The van der Waals surface area contributed by atoms with Gasteiger partial charge in [-0.15, -0.1) is 10.2 Å². The van der Waals surface area contributed by atoms with Crippen molar-refractivity contribution in [3.63, 3.8) is 0 Å². The average Bonchev–Trinajstić information content (AvgIpc) is 3.24. The van der Waals surface area contributed by atoms with Crippen molar-refractivity contribution in [3.05, 3.63) is 82.2 Å². The van der Waals surface area contributed by atoms with Crippen molar-refractivity contribution in [2.75, 3.05) is 21.3 Å². The van der Waals surface area contributed by atoms with E-state index in [1.165, 1.54) is 12.1 Å². The van der Waals surface area contributed by atoms with Crippen molar-refractivity contribution >= 4 is 16.7 Å². The zero-order valence-electron chi connectivity index (χ0n) is 19.4. The summed E-state index contributed by atoms with van der Waals surface area (Å²) in [5, 5.41) is 13.2. The summed E-state index contributed by atoms with van der Waals surface area (Å²) in [6.07, 6.45) is 1.69. The Morgan fingerprint density at radius 3 is 2.43 bits per heavy atom. The first kappa shape index (κ1) is 22.5. The van der Waals surface area contributed by atoms with Gasteiger partial charge in [-0.1, -0.05) is 18.2 Å². The summed E-state index contributed by atoms with van der Waals surface area (Å²) in [5.74, 6) is 0.846. The molecule has 5 aromatic rings. The van der Waals surface area contributed by atoms with Crippen LogP contribution in [0.4, 0.5) is 4.39 Å². The zero-order chi connectivity index (χ0) is 24.5. The summed E-state index contributed by atoms with van der Waals surface area (Å²) in [7, 11) is 4.70. The van der Waals surface area contributed by atoms with Crippen molar-refractivity contribution in [2.45, 2.75) is 13.2 Å². The van der Waals surface area contributed by atoms with E-state index in [0.29, 0.717) is 40.5 Å². The predicted octanol–water partition coefficient (Wildman–Crippen LogP) is 3.46. The molecule has 3 heterocycles. The number of hydrogen-bond acceptors (Lipinski definition) is 7. The van der Waals surface area contributed by atoms with Gasteiger partial charge in [-0.05, 0) is 41.5 Å². The molecule has 0 bridgehead atoms. The van der Waals surface area contributed by atoms with Crippen LogP contribution in [0.25, 0.3) is 27.8 Å². The minimum Gasteiger partial charge on any atom is -0.493 e. The minimum atomic E-state index is -0.343. The maximum absolute atomic E-state index is 13.5. The highest BCUT2D eigenvalue weighted by Crippen LogP contribution is 2.30. The Labute approximate surface area is 199 Å². The van der Waals surface area contributed by atoms with Gasteiger partial charge in [0.05, 0.1) is 38.6 Å². The molecule has 0 fully saturated rings. The largest absolute Gasteiger partial charge is 0.493 e. The van der Waals surface area contributed by atoms with E-state index in [1.807, 2.05) is 12.1 Å². The van der Waals surface area contributed by atoms with E-state index in [-0.39, 0.29) is 23.5 Å². The summed E-state index contributed by atoms with van der Waals surface area (Å²) >= 11 is 0. The number of fused-ring (bicyclic) bond motifs is 3. The van der Waals surface area contributed by atoms with Gasteiger partial charge >= 0.3 is 0 Å². The number of pyridine rings is 1. The fourth-order valence-electron chi connectivity index (χ4n) is 4.08.